The molecule has 0 radical (unpaired) electrons. The third-order valence-electron chi connectivity index (χ3n) is 3.14. The Kier molecular flexibility index (Phi) is 3.60. The second-order valence-corrected chi connectivity index (χ2v) is 4.83. The number of nitrogens with zero attached hydrogens (tertiary/aromatic N) is 1. The van der Waals surface area contributed by atoms with Crippen molar-refractivity contribution in [3.63, 3.8) is 0 Å². The predicted octanol–water partition coefficient (Wildman–Crippen LogP) is -0.420. The first-order chi connectivity index (χ1) is 8.02. The van der Waals surface area contributed by atoms with Crippen LogP contribution in [0.1, 0.15) is 13.3 Å². The van der Waals surface area contributed by atoms with Crippen LogP contribution in [0.4, 0.5) is 4.79 Å². The molecular weight excluding hydrogens is 244 g/mol. The highest BCUT2D eigenvalue weighted by Gasteiger charge is 2.41. The molecule has 3 amide bonds. The van der Waals surface area contributed by atoms with Gasteiger partial charge in [0, 0.05) is 18.7 Å². The van der Waals surface area contributed by atoms with Gasteiger partial charge in [0.1, 0.15) is 6.23 Å². The van der Waals surface area contributed by atoms with Crippen LogP contribution in [-0.2, 0) is 9.53 Å². The quantitative estimate of drug-likeness (QED) is 0.589. The molecule has 96 valence electrons. The summed E-state index contributed by atoms with van der Waals surface area (Å²) in [6, 6.07) is -0.454. The fourth-order valence-electron chi connectivity index (χ4n) is 2.08. The maximum Gasteiger partial charge on any atom is 0.326 e. The van der Waals surface area contributed by atoms with Gasteiger partial charge in [0.2, 0.25) is 5.91 Å². The Labute approximate surface area is 105 Å². The molecule has 17 heavy (non-hydrogen) atoms. The van der Waals surface area contributed by atoms with Gasteiger partial charge in [-0.25, -0.2) is 4.79 Å². The molecule has 0 aromatic rings. The van der Waals surface area contributed by atoms with Crippen LogP contribution in [0.3, 0.4) is 0 Å². The predicted molar refractivity (Wildman–Crippen MR) is 62.5 cm³/mol. The number of imide groups is 1. The number of aliphatic hydroxyl groups excluding tert-OH is 1. The van der Waals surface area contributed by atoms with Crippen LogP contribution in [0.15, 0.2) is 0 Å². The number of carbonyl (C=O) groups is 2. The first-order valence-electron chi connectivity index (χ1n) is 5.58. The Balaban J connectivity index is 2.03. The molecule has 2 rings (SSSR count). The minimum atomic E-state index is -0.613. The zero-order valence-electron chi connectivity index (χ0n) is 9.50. The Bertz CT molecular complexity index is 338. The molecule has 7 heteroatoms. The fourth-order valence-corrected chi connectivity index (χ4v) is 2.41. The van der Waals surface area contributed by atoms with Crippen molar-refractivity contribution < 1.29 is 19.4 Å². The van der Waals surface area contributed by atoms with Crippen LogP contribution in [0.2, 0.25) is 0 Å². The number of nitrogens with one attached hydrogen (secondary N) is 1. The van der Waals surface area contributed by atoms with Gasteiger partial charge in [-0.15, -0.1) is 0 Å². The minimum Gasteiger partial charge on any atom is -0.390 e. The van der Waals surface area contributed by atoms with Crippen molar-refractivity contribution >= 4 is 24.6 Å². The molecule has 6 nitrogen and oxygen atoms in total. The van der Waals surface area contributed by atoms with Gasteiger partial charge < -0.3 is 9.84 Å². The SMILES string of the molecule is CC1CN(C2CC(O)C(CS)O2)C(=O)NC1=O. The van der Waals surface area contributed by atoms with Crippen molar-refractivity contribution in [1.82, 2.24) is 10.2 Å². The summed E-state index contributed by atoms with van der Waals surface area (Å²) in [4.78, 5) is 24.4. The van der Waals surface area contributed by atoms with Crippen molar-refractivity contribution in [3.8, 4) is 0 Å². The lowest BCUT2D eigenvalue weighted by Gasteiger charge is -2.34. The molecule has 0 aliphatic carbocycles. The van der Waals surface area contributed by atoms with Crippen LogP contribution >= 0.6 is 12.6 Å². The number of thiol groups is 1. The fraction of sp³-hybridized carbons (Fsp3) is 0.800. The molecule has 0 saturated carbocycles. The number of ether oxygens (including phenoxy) is 1. The van der Waals surface area contributed by atoms with E-state index < -0.39 is 18.4 Å². The standard InChI is InChI=1S/C10H16N2O4S/c1-5-3-12(10(15)11-9(5)14)8-2-6(13)7(4-17)16-8/h5-8,13,17H,2-4H2,1H3,(H,11,14,15). The largest absolute Gasteiger partial charge is 0.390 e. The number of carbonyl (C=O) groups excluding carboxylic acids is 2. The molecule has 0 aromatic carbocycles. The van der Waals surface area contributed by atoms with Crippen LogP contribution in [-0.4, -0.2) is 52.7 Å². The molecule has 2 saturated heterocycles. The summed E-state index contributed by atoms with van der Waals surface area (Å²) in [6.07, 6.45) is -1.08. The zero-order chi connectivity index (χ0) is 12.6. The topological polar surface area (TPSA) is 78.9 Å². The first kappa shape index (κ1) is 12.7. The molecule has 0 spiro atoms. The lowest BCUT2D eigenvalue weighted by Crippen LogP contribution is -2.57. The van der Waals surface area contributed by atoms with Crippen LogP contribution in [0.5, 0.6) is 0 Å². The van der Waals surface area contributed by atoms with E-state index in [2.05, 4.69) is 17.9 Å². The molecule has 2 aliphatic rings. The van der Waals surface area contributed by atoms with Crippen molar-refractivity contribution in [1.29, 1.82) is 0 Å². The second kappa shape index (κ2) is 4.83. The smallest absolute Gasteiger partial charge is 0.326 e. The summed E-state index contributed by atoms with van der Waals surface area (Å²) in [5.74, 6) is -0.124. The van der Waals surface area contributed by atoms with E-state index in [0.717, 1.165) is 0 Å². The number of aliphatic hydroxyl groups is 1. The average molecular weight is 260 g/mol. The lowest BCUT2D eigenvalue weighted by molar-refractivity contribution is -0.127. The van der Waals surface area contributed by atoms with Gasteiger partial charge in [0.15, 0.2) is 0 Å². The van der Waals surface area contributed by atoms with Crippen LogP contribution in [0, 0.1) is 5.92 Å². The third kappa shape index (κ3) is 2.41. The second-order valence-electron chi connectivity index (χ2n) is 4.46. The van der Waals surface area contributed by atoms with Gasteiger partial charge in [0.05, 0.1) is 18.1 Å². The Morgan fingerprint density at radius 1 is 1.59 bits per heavy atom. The third-order valence-corrected chi connectivity index (χ3v) is 3.50. The Hall–Kier alpha value is -0.790. The van der Waals surface area contributed by atoms with Gasteiger partial charge in [-0.1, -0.05) is 6.92 Å². The summed E-state index contributed by atoms with van der Waals surface area (Å²) >= 11 is 4.08. The Morgan fingerprint density at radius 3 is 2.88 bits per heavy atom. The minimum absolute atomic E-state index is 0.261. The zero-order valence-corrected chi connectivity index (χ0v) is 10.4. The maximum absolute atomic E-state index is 11.7. The van der Waals surface area contributed by atoms with Gasteiger partial charge in [-0.05, 0) is 0 Å². The highest BCUT2D eigenvalue weighted by molar-refractivity contribution is 7.80. The molecule has 4 unspecified atom stereocenters. The summed E-state index contributed by atoms with van der Waals surface area (Å²) in [6.45, 7) is 2.07. The van der Waals surface area contributed by atoms with Crippen LogP contribution < -0.4 is 5.32 Å². The van der Waals surface area contributed by atoms with E-state index in [1.807, 2.05) is 0 Å². The van der Waals surface area contributed by atoms with E-state index in [-0.39, 0.29) is 17.9 Å². The summed E-state index contributed by atoms with van der Waals surface area (Å²) in [5.41, 5.74) is 0. The molecule has 2 N–H and O–H groups in total. The molecule has 0 aromatic heterocycles. The van der Waals surface area contributed by atoms with Gasteiger partial charge in [-0.3, -0.25) is 15.0 Å². The molecule has 0 bridgehead atoms. The molecule has 2 fully saturated rings. The van der Waals surface area contributed by atoms with E-state index in [0.29, 0.717) is 18.7 Å². The monoisotopic (exact) mass is 260 g/mol. The molecule has 4 atom stereocenters. The van der Waals surface area contributed by atoms with Crippen LogP contribution in [0.25, 0.3) is 0 Å². The van der Waals surface area contributed by atoms with E-state index >= 15 is 0 Å². The van der Waals surface area contributed by atoms with E-state index in [4.69, 9.17) is 4.74 Å². The van der Waals surface area contributed by atoms with Gasteiger partial charge in [-0.2, -0.15) is 12.6 Å². The first-order valence-corrected chi connectivity index (χ1v) is 6.22. The number of urea groups is 1. The molecular formula is C10H16N2O4S. The number of amides is 3. The van der Waals surface area contributed by atoms with Crippen molar-refractivity contribution in [2.75, 3.05) is 12.3 Å². The summed E-state index contributed by atoms with van der Waals surface area (Å²) in [7, 11) is 0. The van der Waals surface area contributed by atoms with E-state index in [9.17, 15) is 14.7 Å². The van der Waals surface area contributed by atoms with Gasteiger partial charge >= 0.3 is 6.03 Å². The van der Waals surface area contributed by atoms with Crippen molar-refractivity contribution in [2.45, 2.75) is 31.8 Å². The van der Waals surface area contributed by atoms with E-state index in [1.54, 1.807) is 6.92 Å². The van der Waals surface area contributed by atoms with Crippen molar-refractivity contribution in [3.05, 3.63) is 0 Å². The highest BCUT2D eigenvalue weighted by Crippen LogP contribution is 2.26. The van der Waals surface area contributed by atoms with Gasteiger partial charge in [0.25, 0.3) is 0 Å². The summed E-state index contributed by atoms with van der Waals surface area (Å²) in [5, 5.41) is 12.0. The molecule has 2 aliphatic heterocycles. The summed E-state index contributed by atoms with van der Waals surface area (Å²) < 4.78 is 5.54. The lowest BCUT2D eigenvalue weighted by atomic mass is 10.1. The molecule has 2 heterocycles. The Morgan fingerprint density at radius 2 is 2.29 bits per heavy atom. The number of rotatable bonds is 2. The average Bonchev–Trinajstić information content (AvgIpc) is 2.65. The van der Waals surface area contributed by atoms with Crippen molar-refractivity contribution in [2.24, 2.45) is 5.92 Å². The number of hydrogen-bond acceptors (Lipinski definition) is 5. The van der Waals surface area contributed by atoms with E-state index in [1.165, 1.54) is 4.90 Å². The maximum atomic E-state index is 11.7. The highest BCUT2D eigenvalue weighted by atomic mass is 32.1. The number of hydrogen-bond donors (Lipinski definition) is 3. The normalized spacial score (nSPS) is 38.4.